The minimum atomic E-state index is -0.0600. The number of carbonyl (C=O) groups excluding carboxylic acids is 1. The number of likely N-dealkylation sites (N-methyl/N-ethyl adjacent to an activating group) is 1. The van der Waals surface area contributed by atoms with Crippen LogP contribution in [0, 0.1) is 6.92 Å². The third-order valence-electron chi connectivity index (χ3n) is 4.85. The fourth-order valence-corrected chi connectivity index (χ4v) is 3.06. The number of rotatable bonds is 11. The standard InChI is InChI=1S/C25H37N5O2.HI/c1-6-14-32-23-15-19(2)10-11-22(23)18-29-25(26-3)28-17-20-8-7-9-21(16-20)24(31)27-12-13-30(4)5;/h7-11,15-16H,6,12-14,17-18H2,1-5H3,(H,27,31)(H2,26,28,29);1H. The molecule has 0 aromatic heterocycles. The van der Waals surface area contributed by atoms with Gasteiger partial charge in [-0.25, -0.2) is 0 Å². The molecule has 1 amide bonds. The maximum Gasteiger partial charge on any atom is 0.251 e. The summed E-state index contributed by atoms with van der Waals surface area (Å²) < 4.78 is 5.90. The molecule has 0 radical (unpaired) electrons. The van der Waals surface area contributed by atoms with Crippen LogP contribution in [-0.2, 0) is 13.1 Å². The van der Waals surface area contributed by atoms with Crippen LogP contribution in [0.15, 0.2) is 47.5 Å². The molecule has 0 bridgehead atoms. The number of halogens is 1. The molecule has 0 fully saturated rings. The van der Waals surface area contributed by atoms with E-state index in [4.69, 9.17) is 4.74 Å². The van der Waals surface area contributed by atoms with Crippen LogP contribution >= 0.6 is 24.0 Å². The summed E-state index contributed by atoms with van der Waals surface area (Å²) in [4.78, 5) is 18.7. The summed E-state index contributed by atoms with van der Waals surface area (Å²) in [5.41, 5.74) is 3.93. The number of hydrogen-bond donors (Lipinski definition) is 3. The number of aryl methyl sites for hydroxylation is 1. The molecule has 3 N–H and O–H groups in total. The third kappa shape index (κ3) is 10.4. The summed E-state index contributed by atoms with van der Waals surface area (Å²) in [6.45, 7) is 7.45. The maximum atomic E-state index is 12.4. The van der Waals surface area contributed by atoms with Crippen molar-refractivity contribution in [3.8, 4) is 5.75 Å². The highest BCUT2D eigenvalue weighted by molar-refractivity contribution is 14.0. The second-order valence-corrected chi connectivity index (χ2v) is 8.00. The molecular weight excluding hydrogens is 529 g/mol. The molecule has 0 heterocycles. The number of guanidine groups is 1. The highest BCUT2D eigenvalue weighted by Crippen LogP contribution is 2.20. The average molecular weight is 568 g/mol. The number of amides is 1. The van der Waals surface area contributed by atoms with Crippen molar-refractivity contribution in [2.75, 3.05) is 40.8 Å². The van der Waals surface area contributed by atoms with Crippen molar-refractivity contribution < 1.29 is 9.53 Å². The highest BCUT2D eigenvalue weighted by Gasteiger charge is 2.08. The zero-order valence-corrected chi connectivity index (χ0v) is 22.7. The van der Waals surface area contributed by atoms with Gasteiger partial charge >= 0.3 is 0 Å². The maximum absolute atomic E-state index is 12.4. The van der Waals surface area contributed by atoms with Crippen molar-refractivity contribution in [1.82, 2.24) is 20.9 Å². The van der Waals surface area contributed by atoms with Crippen molar-refractivity contribution in [2.45, 2.75) is 33.4 Å². The van der Waals surface area contributed by atoms with E-state index in [9.17, 15) is 4.79 Å². The Bertz CT molecular complexity index is 902. The van der Waals surface area contributed by atoms with Crippen molar-refractivity contribution in [1.29, 1.82) is 0 Å². The number of ether oxygens (including phenoxy) is 1. The van der Waals surface area contributed by atoms with Gasteiger partial charge in [0.1, 0.15) is 5.75 Å². The molecule has 8 heteroatoms. The van der Waals surface area contributed by atoms with Crippen molar-refractivity contribution in [3.63, 3.8) is 0 Å². The first-order chi connectivity index (χ1) is 15.4. The van der Waals surface area contributed by atoms with Gasteiger partial charge in [0.2, 0.25) is 0 Å². The quantitative estimate of drug-likeness (QED) is 0.220. The summed E-state index contributed by atoms with van der Waals surface area (Å²) in [5, 5.41) is 9.60. The van der Waals surface area contributed by atoms with E-state index in [0.717, 1.165) is 29.8 Å². The lowest BCUT2D eigenvalue weighted by Crippen LogP contribution is -2.36. The molecule has 7 nitrogen and oxygen atoms in total. The number of aliphatic imine (C=N–C) groups is 1. The zero-order chi connectivity index (χ0) is 23.3. The van der Waals surface area contributed by atoms with E-state index < -0.39 is 0 Å². The fourth-order valence-electron chi connectivity index (χ4n) is 3.06. The van der Waals surface area contributed by atoms with Crippen molar-refractivity contribution in [3.05, 3.63) is 64.7 Å². The van der Waals surface area contributed by atoms with Crippen LogP contribution in [0.4, 0.5) is 0 Å². The van der Waals surface area contributed by atoms with Gasteiger partial charge in [0.05, 0.1) is 6.61 Å². The SMILES string of the molecule is CCCOc1cc(C)ccc1CNC(=NC)NCc1cccc(C(=O)NCCN(C)C)c1.I. The molecule has 0 spiro atoms. The number of nitrogens with zero attached hydrogens (tertiary/aromatic N) is 2. The van der Waals surface area contributed by atoms with E-state index in [-0.39, 0.29) is 29.9 Å². The van der Waals surface area contributed by atoms with E-state index in [0.29, 0.717) is 37.8 Å². The van der Waals surface area contributed by atoms with Crippen LogP contribution in [0.1, 0.15) is 40.4 Å². The molecule has 2 rings (SSSR count). The predicted octanol–water partition coefficient (Wildman–Crippen LogP) is 3.56. The zero-order valence-electron chi connectivity index (χ0n) is 20.4. The molecule has 2 aromatic carbocycles. The average Bonchev–Trinajstić information content (AvgIpc) is 2.78. The Labute approximate surface area is 215 Å². The summed E-state index contributed by atoms with van der Waals surface area (Å²) in [7, 11) is 5.71. The first-order valence-electron chi connectivity index (χ1n) is 11.1. The van der Waals surface area contributed by atoms with Gasteiger partial charge < -0.3 is 25.6 Å². The van der Waals surface area contributed by atoms with Crippen LogP contribution in [0.25, 0.3) is 0 Å². The summed E-state index contributed by atoms with van der Waals surface area (Å²) in [5.74, 6) is 1.53. The largest absolute Gasteiger partial charge is 0.493 e. The first kappa shape index (κ1) is 28.7. The van der Waals surface area contributed by atoms with Gasteiger partial charge in [-0.15, -0.1) is 24.0 Å². The Kier molecular flexibility index (Phi) is 13.5. The lowest BCUT2D eigenvalue weighted by atomic mass is 10.1. The summed E-state index contributed by atoms with van der Waals surface area (Å²) in [6, 6.07) is 13.9. The molecule has 2 aromatic rings. The Morgan fingerprint density at radius 1 is 1.06 bits per heavy atom. The van der Waals surface area contributed by atoms with Crippen LogP contribution < -0.4 is 20.7 Å². The predicted molar refractivity (Wildman–Crippen MR) is 147 cm³/mol. The Morgan fingerprint density at radius 2 is 1.82 bits per heavy atom. The van der Waals surface area contributed by atoms with Crippen LogP contribution in [-0.4, -0.2) is 57.6 Å². The summed E-state index contributed by atoms with van der Waals surface area (Å²) in [6.07, 6.45) is 0.969. The van der Waals surface area contributed by atoms with E-state index in [2.05, 4.69) is 53.0 Å². The van der Waals surface area contributed by atoms with Crippen LogP contribution in [0.5, 0.6) is 5.75 Å². The minimum Gasteiger partial charge on any atom is -0.493 e. The lowest BCUT2D eigenvalue weighted by Gasteiger charge is -2.15. The molecule has 0 aliphatic carbocycles. The van der Waals surface area contributed by atoms with E-state index in [1.165, 1.54) is 5.56 Å². The molecule has 0 aliphatic heterocycles. The van der Waals surface area contributed by atoms with Crippen LogP contribution in [0.2, 0.25) is 0 Å². The van der Waals surface area contributed by atoms with E-state index in [1.54, 1.807) is 7.05 Å². The molecule has 0 aliphatic rings. The molecule has 33 heavy (non-hydrogen) atoms. The van der Waals surface area contributed by atoms with Crippen molar-refractivity contribution >= 4 is 35.8 Å². The molecule has 0 saturated carbocycles. The second-order valence-electron chi connectivity index (χ2n) is 8.00. The molecule has 0 unspecified atom stereocenters. The van der Waals surface area contributed by atoms with Gasteiger partial charge in [-0.05, 0) is 56.8 Å². The minimum absolute atomic E-state index is 0. The van der Waals surface area contributed by atoms with Gasteiger partial charge in [-0.1, -0.05) is 31.2 Å². The van der Waals surface area contributed by atoms with Gasteiger partial charge in [-0.3, -0.25) is 9.79 Å². The van der Waals surface area contributed by atoms with Gasteiger partial charge in [0.25, 0.3) is 5.91 Å². The van der Waals surface area contributed by atoms with E-state index >= 15 is 0 Å². The monoisotopic (exact) mass is 567 g/mol. The molecular formula is C25H38IN5O2. The van der Waals surface area contributed by atoms with E-state index in [1.807, 2.05) is 43.3 Å². The van der Waals surface area contributed by atoms with Crippen molar-refractivity contribution in [2.24, 2.45) is 4.99 Å². The Morgan fingerprint density at radius 3 is 2.52 bits per heavy atom. The highest BCUT2D eigenvalue weighted by atomic mass is 127. The molecule has 182 valence electrons. The smallest absolute Gasteiger partial charge is 0.251 e. The topological polar surface area (TPSA) is 78.0 Å². The molecule has 0 saturated heterocycles. The van der Waals surface area contributed by atoms with Gasteiger partial charge in [0.15, 0.2) is 5.96 Å². The number of nitrogens with one attached hydrogen (secondary N) is 3. The fraction of sp³-hybridized carbons (Fsp3) is 0.440. The normalized spacial score (nSPS) is 11.0. The van der Waals surface area contributed by atoms with Gasteiger partial charge in [0, 0.05) is 44.4 Å². The summed E-state index contributed by atoms with van der Waals surface area (Å²) >= 11 is 0. The Hall–Kier alpha value is -2.33. The van der Waals surface area contributed by atoms with Gasteiger partial charge in [-0.2, -0.15) is 0 Å². The molecule has 0 atom stereocenters. The third-order valence-corrected chi connectivity index (χ3v) is 4.85. The second kappa shape index (κ2) is 15.5. The van der Waals surface area contributed by atoms with Crippen LogP contribution in [0.3, 0.4) is 0 Å². The Balaban J connectivity index is 0.00000544. The lowest BCUT2D eigenvalue weighted by molar-refractivity contribution is 0.0951. The number of benzene rings is 2. The first-order valence-corrected chi connectivity index (χ1v) is 11.1. The number of hydrogen-bond acceptors (Lipinski definition) is 4. The number of carbonyl (C=O) groups is 1.